The number of carbonyl (C=O) groups excluding carboxylic acids is 1. The van der Waals surface area contributed by atoms with Crippen molar-refractivity contribution in [3.63, 3.8) is 0 Å². The van der Waals surface area contributed by atoms with E-state index in [4.69, 9.17) is 5.73 Å². The van der Waals surface area contributed by atoms with Crippen LogP contribution in [0, 0.1) is 5.41 Å². The van der Waals surface area contributed by atoms with Crippen molar-refractivity contribution in [2.45, 2.75) is 47.1 Å². The van der Waals surface area contributed by atoms with Gasteiger partial charge in [0.15, 0.2) is 0 Å². The van der Waals surface area contributed by atoms with Gasteiger partial charge in [-0.05, 0) is 44.4 Å². The number of hydrogen-bond donors (Lipinski definition) is 1. The molecule has 0 radical (unpaired) electrons. The van der Waals surface area contributed by atoms with E-state index in [0.29, 0.717) is 13.1 Å². The van der Waals surface area contributed by atoms with Crippen molar-refractivity contribution in [1.82, 2.24) is 9.47 Å². The number of amides is 1. The first kappa shape index (κ1) is 16.8. The Hall–Kier alpha value is -1.29. The molecule has 0 atom stereocenters. The lowest BCUT2D eigenvalue weighted by atomic mass is 9.93. The molecule has 0 bridgehead atoms. The summed E-state index contributed by atoms with van der Waals surface area (Å²) in [7, 11) is 0. The Balaban J connectivity index is 2.96. The second kappa shape index (κ2) is 6.93. The van der Waals surface area contributed by atoms with E-state index in [1.165, 1.54) is 0 Å². The smallest absolute Gasteiger partial charge is 0.270 e. The molecule has 1 aromatic rings. The van der Waals surface area contributed by atoms with Gasteiger partial charge in [0.2, 0.25) is 0 Å². The molecule has 0 aliphatic heterocycles. The van der Waals surface area contributed by atoms with Gasteiger partial charge < -0.3 is 15.2 Å². The van der Waals surface area contributed by atoms with Gasteiger partial charge in [-0.3, -0.25) is 4.79 Å². The second-order valence-corrected chi connectivity index (χ2v) is 6.49. The molecule has 1 amide bonds. The van der Waals surface area contributed by atoms with Crippen LogP contribution in [0.4, 0.5) is 0 Å². The summed E-state index contributed by atoms with van der Waals surface area (Å²) in [5.41, 5.74) is 6.51. The third-order valence-corrected chi connectivity index (χ3v) is 3.51. The van der Waals surface area contributed by atoms with E-state index in [2.05, 4.69) is 34.6 Å². The first-order chi connectivity index (χ1) is 9.32. The topological polar surface area (TPSA) is 51.3 Å². The number of hydrogen-bond acceptors (Lipinski definition) is 2. The van der Waals surface area contributed by atoms with Crippen LogP contribution in [0.15, 0.2) is 18.3 Å². The molecular formula is C16H29N3O. The zero-order chi connectivity index (χ0) is 15.3. The molecule has 0 fully saturated rings. The van der Waals surface area contributed by atoms with Crippen LogP contribution in [0.5, 0.6) is 0 Å². The Labute approximate surface area is 122 Å². The molecule has 0 saturated heterocycles. The number of carbonyl (C=O) groups is 1. The lowest BCUT2D eigenvalue weighted by Crippen LogP contribution is -2.43. The van der Waals surface area contributed by atoms with Crippen molar-refractivity contribution in [3.05, 3.63) is 24.0 Å². The van der Waals surface area contributed by atoms with E-state index in [1.54, 1.807) is 0 Å². The van der Waals surface area contributed by atoms with Gasteiger partial charge in [-0.25, -0.2) is 0 Å². The molecule has 4 heteroatoms. The van der Waals surface area contributed by atoms with Gasteiger partial charge in [-0.2, -0.15) is 0 Å². The zero-order valence-electron chi connectivity index (χ0n) is 13.5. The minimum absolute atomic E-state index is 0.0555. The fourth-order valence-electron chi connectivity index (χ4n) is 2.29. The molecule has 0 aliphatic carbocycles. The highest BCUT2D eigenvalue weighted by Crippen LogP contribution is 2.19. The van der Waals surface area contributed by atoms with E-state index in [-0.39, 0.29) is 17.4 Å². The Kier molecular flexibility index (Phi) is 5.81. The number of nitrogens with zero attached hydrogens (tertiary/aromatic N) is 2. The highest BCUT2D eigenvalue weighted by molar-refractivity contribution is 5.92. The summed E-state index contributed by atoms with van der Waals surface area (Å²) in [5.74, 6) is 0.104. The monoisotopic (exact) mass is 279 g/mol. The maximum atomic E-state index is 12.8. The van der Waals surface area contributed by atoms with Crippen molar-refractivity contribution in [3.8, 4) is 0 Å². The Morgan fingerprint density at radius 1 is 1.45 bits per heavy atom. The van der Waals surface area contributed by atoms with Crippen LogP contribution >= 0.6 is 0 Å². The average Bonchev–Trinajstić information content (AvgIpc) is 2.86. The molecule has 1 aromatic heterocycles. The van der Waals surface area contributed by atoms with E-state index in [9.17, 15) is 4.79 Å². The minimum Gasteiger partial charge on any atom is -0.341 e. The second-order valence-electron chi connectivity index (χ2n) is 6.49. The van der Waals surface area contributed by atoms with E-state index < -0.39 is 0 Å². The molecule has 0 unspecified atom stereocenters. The first-order valence-electron chi connectivity index (χ1n) is 7.48. The largest absolute Gasteiger partial charge is 0.341 e. The fourth-order valence-corrected chi connectivity index (χ4v) is 2.29. The van der Waals surface area contributed by atoms with Crippen molar-refractivity contribution in [2.24, 2.45) is 11.1 Å². The van der Waals surface area contributed by atoms with Gasteiger partial charge >= 0.3 is 0 Å². The Bertz CT molecular complexity index is 435. The van der Waals surface area contributed by atoms with Gasteiger partial charge in [-0.15, -0.1) is 0 Å². The molecular weight excluding hydrogens is 250 g/mol. The number of nitrogens with two attached hydrogens (primary N) is 1. The Morgan fingerprint density at radius 3 is 2.60 bits per heavy atom. The van der Waals surface area contributed by atoms with Gasteiger partial charge in [0.1, 0.15) is 5.69 Å². The van der Waals surface area contributed by atoms with Gasteiger partial charge in [0.05, 0.1) is 0 Å². The predicted molar refractivity (Wildman–Crippen MR) is 83.8 cm³/mol. The zero-order valence-corrected chi connectivity index (χ0v) is 13.5. The molecule has 0 aliphatic rings. The Morgan fingerprint density at radius 2 is 2.10 bits per heavy atom. The van der Waals surface area contributed by atoms with E-state index in [0.717, 1.165) is 18.7 Å². The van der Waals surface area contributed by atoms with Gasteiger partial charge in [-0.1, -0.05) is 20.8 Å². The summed E-state index contributed by atoms with van der Waals surface area (Å²) >= 11 is 0. The highest BCUT2D eigenvalue weighted by Gasteiger charge is 2.25. The molecule has 1 heterocycles. The van der Waals surface area contributed by atoms with E-state index in [1.807, 2.05) is 27.8 Å². The lowest BCUT2D eigenvalue weighted by molar-refractivity contribution is 0.0677. The standard InChI is InChI=1S/C16H29N3O/c1-6-9-18(12-16(4,5)11-17)15(20)14-8-7-10-19(14)13(2)3/h7-8,10,13H,6,9,11-12,17H2,1-5H3. The molecule has 20 heavy (non-hydrogen) atoms. The summed E-state index contributed by atoms with van der Waals surface area (Å²) in [6.45, 7) is 12.5. The van der Waals surface area contributed by atoms with Crippen molar-refractivity contribution in [1.29, 1.82) is 0 Å². The molecule has 0 saturated carbocycles. The van der Waals surface area contributed by atoms with Crippen molar-refractivity contribution >= 4 is 5.91 Å². The average molecular weight is 279 g/mol. The summed E-state index contributed by atoms with van der Waals surface area (Å²) in [6.07, 6.45) is 2.92. The molecule has 0 spiro atoms. The van der Waals surface area contributed by atoms with Crippen molar-refractivity contribution < 1.29 is 4.79 Å². The first-order valence-corrected chi connectivity index (χ1v) is 7.48. The lowest BCUT2D eigenvalue weighted by Gasteiger charge is -2.32. The summed E-state index contributed by atoms with van der Waals surface area (Å²) in [6, 6.07) is 4.13. The predicted octanol–water partition coefficient (Wildman–Crippen LogP) is 2.91. The van der Waals surface area contributed by atoms with Crippen LogP contribution in [-0.2, 0) is 0 Å². The minimum atomic E-state index is -0.0555. The van der Waals surface area contributed by atoms with Crippen LogP contribution in [0.3, 0.4) is 0 Å². The molecule has 114 valence electrons. The van der Waals surface area contributed by atoms with Crippen LogP contribution in [0.25, 0.3) is 0 Å². The fraction of sp³-hybridized carbons (Fsp3) is 0.688. The highest BCUT2D eigenvalue weighted by atomic mass is 16.2. The molecule has 2 N–H and O–H groups in total. The molecule has 4 nitrogen and oxygen atoms in total. The number of aromatic nitrogens is 1. The van der Waals surface area contributed by atoms with Crippen LogP contribution < -0.4 is 5.73 Å². The van der Waals surface area contributed by atoms with Crippen LogP contribution in [-0.4, -0.2) is 35.0 Å². The van der Waals surface area contributed by atoms with Gasteiger partial charge in [0.25, 0.3) is 5.91 Å². The third kappa shape index (κ3) is 4.10. The van der Waals surface area contributed by atoms with Crippen molar-refractivity contribution in [2.75, 3.05) is 19.6 Å². The maximum absolute atomic E-state index is 12.8. The summed E-state index contributed by atoms with van der Waals surface area (Å²) in [4.78, 5) is 14.7. The number of rotatable bonds is 7. The van der Waals surface area contributed by atoms with Crippen LogP contribution in [0.2, 0.25) is 0 Å². The van der Waals surface area contributed by atoms with E-state index >= 15 is 0 Å². The quantitative estimate of drug-likeness (QED) is 0.834. The summed E-state index contributed by atoms with van der Waals surface area (Å²) in [5, 5.41) is 0. The molecule has 0 aromatic carbocycles. The summed E-state index contributed by atoms with van der Waals surface area (Å²) < 4.78 is 2.03. The third-order valence-electron chi connectivity index (χ3n) is 3.51. The molecule has 1 rings (SSSR count). The maximum Gasteiger partial charge on any atom is 0.270 e. The van der Waals surface area contributed by atoms with Crippen LogP contribution in [0.1, 0.15) is 57.6 Å². The normalized spacial score (nSPS) is 11.9. The van der Waals surface area contributed by atoms with Gasteiger partial charge in [0, 0.05) is 25.3 Å². The SMILES string of the molecule is CCCN(CC(C)(C)CN)C(=O)c1cccn1C(C)C.